The number of carbonyl (C=O) groups is 1. The Balaban J connectivity index is 2.50. The lowest BCUT2D eigenvalue weighted by molar-refractivity contribution is 0.0521. The highest BCUT2D eigenvalue weighted by Gasteiger charge is 2.21. The van der Waals surface area contributed by atoms with Gasteiger partial charge in [-0.2, -0.15) is 9.78 Å². The fourth-order valence-corrected chi connectivity index (χ4v) is 1.74. The van der Waals surface area contributed by atoms with Crippen molar-refractivity contribution in [1.82, 2.24) is 9.78 Å². The molecule has 0 N–H and O–H groups in total. The fraction of sp³-hybridized carbons (Fsp3) is 0.333. The first kappa shape index (κ1) is 12.8. The number of fused-ring (bicyclic) bond motifs is 1. The van der Waals surface area contributed by atoms with Gasteiger partial charge >= 0.3 is 6.09 Å². The molecule has 0 radical (unpaired) electrons. The highest BCUT2D eigenvalue weighted by molar-refractivity contribution is 6.31. The highest BCUT2D eigenvalue weighted by atomic mass is 35.5. The van der Waals surface area contributed by atoms with Crippen molar-refractivity contribution in [2.75, 3.05) is 0 Å². The average Bonchev–Trinajstić information content (AvgIpc) is 2.58. The second-order valence-electron chi connectivity index (χ2n) is 4.86. The largest absolute Gasteiger partial charge is 0.442 e. The molecule has 1 aromatic carbocycles. The maximum Gasteiger partial charge on any atom is 0.435 e. The van der Waals surface area contributed by atoms with Crippen LogP contribution in [0, 0.1) is 5.82 Å². The smallest absolute Gasteiger partial charge is 0.435 e. The van der Waals surface area contributed by atoms with E-state index in [0.29, 0.717) is 5.39 Å². The van der Waals surface area contributed by atoms with Crippen LogP contribution >= 0.6 is 11.6 Å². The lowest BCUT2D eigenvalue weighted by Crippen LogP contribution is -2.27. The Morgan fingerprint density at radius 2 is 2.11 bits per heavy atom. The Kier molecular flexibility index (Phi) is 3.02. The molecule has 4 nitrogen and oxygen atoms in total. The topological polar surface area (TPSA) is 44.1 Å². The van der Waals surface area contributed by atoms with E-state index in [1.54, 1.807) is 20.8 Å². The quantitative estimate of drug-likeness (QED) is 0.734. The van der Waals surface area contributed by atoms with Crippen molar-refractivity contribution in [3.05, 3.63) is 29.2 Å². The molecule has 0 aliphatic carbocycles. The number of ether oxygens (including phenoxy) is 1. The zero-order chi connectivity index (χ0) is 13.5. The third-order valence-electron chi connectivity index (χ3n) is 2.15. The van der Waals surface area contributed by atoms with E-state index in [2.05, 4.69) is 5.10 Å². The van der Waals surface area contributed by atoms with Crippen LogP contribution in [0.4, 0.5) is 9.18 Å². The number of aromatic nitrogens is 2. The van der Waals surface area contributed by atoms with Gasteiger partial charge in [-0.3, -0.25) is 0 Å². The van der Waals surface area contributed by atoms with Gasteiger partial charge in [-0.05, 0) is 32.9 Å². The number of rotatable bonds is 0. The van der Waals surface area contributed by atoms with Crippen molar-refractivity contribution in [3.63, 3.8) is 0 Å². The first-order valence-electron chi connectivity index (χ1n) is 5.34. The predicted octanol–water partition coefficient (Wildman–Crippen LogP) is 3.61. The maximum absolute atomic E-state index is 13.8. The minimum atomic E-state index is -0.723. The number of nitrogens with zero attached hydrogens (tertiary/aromatic N) is 2. The molecule has 96 valence electrons. The van der Waals surface area contributed by atoms with E-state index in [0.717, 1.165) is 10.7 Å². The van der Waals surface area contributed by atoms with Crippen molar-refractivity contribution in [2.24, 2.45) is 0 Å². The van der Waals surface area contributed by atoms with E-state index in [1.165, 1.54) is 12.3 Å². The van der Waals surface area contributed by atoms with Crippen molar-refractivity contribution < 1.29 is 13.9 Å². The summed E-state index contributed by atoms with van der Waals surface area (Å²) in [4.78, 5) is 11.9. The van der Waals surface area contributed by atoms with Gasteiger partial charge in [0.2, 0.25) is 0 Å². The summed E-state index contributed by atoms with van der Waals surface area (Å²) in [6.07, 6.45) is 0.646. The molecule has 1 aromatic heterocycles. The Hall–Kier alpha value is -1.62. The van der Waals surface area contributed by atoms with Crippen LogP contribution in [0.1, 0.15) is 20.8 Å². The van der Waals surface area contributed by atoms with Crippen molar-refractivity contribution in [2.45, 2.75) is 26.4 Å². The molecular formula is C12H12ClFN2O2. The van der Waals surface area contributed by atoms with Gasteiger partial charge in [-0.15, -0.1) is 0 Å². The first-order chi connectivity index (χ1) is 8.28. The molecule has 0 fully saturated rings. The monoisotopic (exact) mass is 270 g/mol. The molecule has 2 aromatic rings. The Morgan fingerprint density at radius 1 is 1.44 bits per heavy atom. The van der Waals surface area contributed by atoms with Crippen molar-refractivity contribution in [3.8, 4) is 0 Å². The summed E-state index contributed by atoms with van der Waals surface area (Å²) >= 11 is 5.73. The Labute approximate surface area is 108 Å². The second kappa shape index (κ2) is 4.24. The summed E-state index contributed by atoms with van der Waals surface area (Å²) in [6.45, 7) is 5.18. The number of halogens is 2. The highest BCUT2D eigenvalue weighted by Crippen LogP contribution is 2.23. The molecule has 0 bridgehead atoms. The number of hydrogen-bond acceptors (Lipinski definition) is 3. The summed E-state index contributed by atoms with van der Waals surface area (Å²) in [5, 5.41) is 4.53. The summed E-state index contributed by atoms with van der Waals surface area (Å²) in [7, 11) is 0. The second-order valence-corrected chi connectivity index (χ2v) is 5.30. The van der Waals surface area contributed by atoms with Crippen LogP contribution in [0.15, 0.2) is 18.3 Å². The van der Waals surface area contributed by atoms with E-state index in [4.69, 9.17) is 16.3 Å². The zero-order valence-corrected chi connectivity index (χ0v) is 11.0. The van der Waals surface area contributed by atoms with Crippen LogP contribution in [0.25, 0.3) is 10.9 Å². The number of benzene rings is 1. The molecular weight excluding hydrogens is 259 g/mol. The molecule has 6 heteroatoms. The van der Waals surface area contributed by atoms with Crippen LogP contribution in [0.2, 0.25) is 5.02 Å². The van der Waals surface area contributed by atoms with Gasteiger partial charge < -0.3 is 4.74 Å². The van der Waals surface area contributed by atoms with E-state index < -0.39 is 17.5 Å². The average molecular weight is 271 g/mol. The molecule has 0 aliphatic rings. The van der Waals surface area contributed by atoms with Gasteiger partial charge in [0.25, 0.3) is 0 Å². The van der Waals surface area contributed by atoms with Gasteiger partial charge in [0, 0.05) is 10.4 Å². The maximum atomic E-state index is 13.8. The van der Waals surface area contributed by atoms with Crippen LogP contribution < -0.4 is 0 Å². The molecule has 0 aliphatic heterocycles. The van der Waals surface area contributed by atoms with Gasteiger partial charge in [0.1, 0.15) is 11.1 Å². The zero-order valence-electron chi connectivity index (χ0n) is 10.2. The van der Waals surface area contributed by atoms with E-state index in [-0.39, 0.29) is 10.5 Å². The molecule has 2 rings (SSSR count). The molecule has 0 saturated heterocycles. The van der Waals surface area contributed by atoms with Gasteiger partial charge in [-0.25, -0.2) is 9.18 Å². The SMILES string of the molecule is CC(C)(C)OC(=O)n1ncc2cc(Cl)cc(F)c21. The van der Waals surface area contributed by atoms with Crippen LogP contribution in [-0.4, -0.2) is 21.5 Å². The lowest BCUT2D eigenvalue weighted by Gasteiger charge is -2.19. The number of carbonyl (C=O) groups excluding carboxylic acids is 1. The minimum Gasteiger partial charge on any atom is -0.442 e. The summed E-state index contributed by atoms with van der Waals surface area (Å²) < 4.78 is 19.8. The summed E-state index contributed by atoms with van der Waals surface area (Å²) in [6, 6.07) is 2.67. The van der Waals surface area contributed by atoms with E-state index >= 15 is 0 Å². The van der Waals surface area contributed by atoms with Gasteiger partial charge in [-0.1, -0.05) is 11.6 Å². The van der Waals surface area contributed by atoms with Crippen molar-refractivity contribution in [1.29, 1.82) is 0 Å². The van der Waals surface area contributed by atoms with Gasteiger partial charge in [0.05, 0.1) is 6.20 Å². The molecule has 0 saturated carbocycles. The van der Waals surface area contributed by atoms with Crippen molar-refractivity contribution >= 4 is 28.6 Å². The normalized spacial score (nSPS) is 11.8. The molecule has 0 amide bonds. The van der Waals surface area contributed by atoms with E-state index in [9.17, 15) is 9.18 Å². The number of hydrogen-bond donors (Lipinski definition) is 0. The molecule has 0 atom stereocenters. The third kappa shape index (κ3) is 2.46. The minimum absolute atomic E-state index is 0.0636. The molecule has 18 heavy (non-hydrogen) atoms. The first-order valence-corrected chi connectivity index (χ1v) is 5.72. The van der Waals surface area contributed by atoms with Crippen LogP contribution in [0.3, 0.4) is 0 Å². The van der Waals surface area contributed by atoms with Gasteiger partial charge in [0.15, 0.2) is 5.82 Å². The Morgan fingerprint density at radius 3 is 2.72 bits per heavy atom. The molecule has 0 unspecified atom stereocenters. The van der Waals surface area contributed by atoms with Crippen LogP contribution in [0.5, 0.6) is 0 Å². The Bertz CT molecular complexity index is 616. The standard InChI is InChI=1S/C12H12ClFN2O2/c1-12(2,3)18-11(17)16-10-7(6-15-16)4-8(13)5-9(10)14/h4-6H,1-3H3. The molecule has 0 spiro atoms. The summed E-state index contributed by atoms with van der Waals surface area (Å²) in [5.74, 6) is -0.610. The van der Waals surface area contributed by atoms with E-state index in [1.807, 2.05) is 0 Å². The third-order valence-corrected chi connectivity index (χ3v) is 2.37. The predicted molar refractivity (Wildman–Crippen MR) is 66.3 cm³/mol. The fourth-order valence-electron chi connectivity index (χ4n) is 1.53. The lowest BCUT2D eigenvalue weighted by atomic mass is 10.2. The van der Waals surface area contributed by atoms with Crippen LogP contribution in [-0.2, 0) is 4.74 Å². The molecule has 1 heterocycles. The summed E-state index contributed by atoms with van der Waals surface area (Å²) in [5.41, 5.74) is -0.605.